The molecule has 0 saturated heterocycles. The Balaban J connectivity index is 1.95. The van der Waals surface area contributed by atoms with Crippen LogP contribution in [0.3, 0.4) is 0 Å². The van der Waals surface area contributed by atoms with Gasteiger partial charge in [0.2, 0.25) is 0 Å². The third kappa shape index (κ3) is 0.947. The highest BCUT2D eigenvalue weighted by Crippen LogP contribution is 2.68. The lowest BCUT2D eigenvalue weighted by atomic mass is 9.86. The van der Waals surface area contributed by atoms with Crippen molar-refractivity contribution in [1.82, 2.24) is 0 Å². The summed E-state index contributed by atoms with van der Waals surface area (Å²) in [5, 5.41) is 0. The Bertz CT molecular complexity index is 153. The van der Waals surface area contributed by atoms with Crippen molar-refractivity contribution in [3.63, 3.8) is 0 Å². The predicted octanol–water partition coefficient (Wildman–Crippen LogP) is 3.32. The van der Waals surface area contributed by atoms with Crippen LogP contribution in [0.1, 0.15) is 40.5 Å². The SMILES string of the molecule is CC(C)C1C[C@@H]2[C@H](C1)C2(C)C. The minimum absolute atomic E-state index is 0.728. The molecule has 3 atom stereocenters. The van der Waals surface area contributed by atoms with Crippen LogP contribution in [0, 0.1) is 29.1 Å². The van der Waals surface area contributed by atoms with Gasteiger partial charge in [0, 0.05) is 0 Å². The lowest BCUT2D eigenvalue weighted by Crippen LogP contribution is -2.10. The van der Waals surface area contributed by atoms with Gasteiger partial charge in [-0.25, -0.2) is 0 Å². The van der Waals surface area contributed by atoms with E-state index in [4.69, 9.17) is 0 Å². The Hall–Kier alpha value is 0. The quantitative estimate of drug-likeness (QED) is 0.540. The zero-order valence-electron chi connectivity index (χ0n) is 8.22. The van der Waals surface area contributed by atoms with Crippen LogP contribution in [-0.2, 0) is 0 Å². The van der Waals surface area contributed by atoms with E-state index in [1.807, 2.05) is 0 Å². The summed E-state index contributed by atoms with van der Waals surface area (Å²) < 4.78 is 0. The standard InChI is InChI=1S/C11H20/c1-7(2)8-5-9-10(6-8)11(9,3)4/h7-10H,5-6H2,1-4H3/t8?,9-,10+. The molecule has 2 aliphatic carbocycles. The molecule has 0 N–H and O–H groups in total. The number of fused-ring (bicyclic) bond motifs is 1. The second-order valence-corrected chi connectivity index (χ2v) is 5.51. The Labute approximate surface area is 70.4 Å². The molecule has 0 amide bonds. The molecule has 0 heterocycles. The van der Waals surface area contributed by atoms with Crippen molar-refractivity contribution in [3.8, 4) is 0 Å². The maximum Gasteiger partial charge on any atom is -0.0292 e. The van der Waals surface area contributed by atoms with Gasteiger partial charge in [0.15, 0.2) is 0 Å². The molecule has 1 unspecified atom stereocenters. The number of hydrogen-bond acceptors (Lipinski definition) is 0. The summed E-state index contributed by atoms with van der Waals surface area (Å²) in [5.41, 5.74) is 0.728. The maximum atomic E-state index is 2.44. The summed E-state index contributed by atoms with van der Waals surface area (Å²) >= 11 is 0. The maximum absolute atomic E-state index is 2.44. The summed E-state index contributed by atoms with van der Waals surface area (Å²) in [7, 11) is 0. The van der Waals surface area contributed by atoms with Crippen LogP contribution in [0.2, 0.25) is 0 Å². The molecule has 0 bridgehead atoms. The van der Waals surface area contributed by atoms with Gasteiger partial charge in [-0.1, -0.05) is 27.7 Å². The molecule has 0 heteroatoms. The molecule has 0 aromatic carbocycles. The minimum atomic E-state index is 0.728. The van der Waals surface area contributed by atoms with Crippen molar-refractivity contribution >= 4 is 0 Å². The molecule has 2 aliphatic rings. The first kappa shape index (κ1) is 7.64. The largest absolute Gasteiger partial charge is 0.0625 e. The van der Waals surface area contributed by atoms with Crippen molar-refractivity contribution in [2.24, 2.45) is 29.1 Å². The van der Waals surface area contributed by atoms with Gasteiger partial charge in [0.25, 0.3) is 0 Å². The molecule has 0 aromatic rings. The zero-order valence-corrected chi connectivity index (χ0v) is 8.22. The van der Waals surface area contributed by atoms with Gasteiger partial charge in [-0.05, 0) is 41.9 Å². The molecule has 64 valence electrons. The van der Waals surface area contributed by atoms with Crippen LogP contribution < -0.4 is 0 Å². The Kier molecular flexibility index (Phi) is 1.41. The van der Waals surface area contributed by atoms with E-state index in [1.54, 1.807) is 0 Å². The summed E-state index contributed by atoms with van der Waals surface area (Å²) in [6.45, 7) is 9.64. The molecule has 0 aliphatic heterocycles. The molecule has 2 fully saturated rings. The van der Waals surface area contributed by atoms with Crippen LogP contribution in [-0.4, -0.2) is 0 Å². The van der Waals surface area contributed by atoms with Crippen LogP contribution in [0.4, 0.5) is 0 Å². The van der Waals surface area contributed by atoms with E-state index in [9.17, 15) is 0 Å². The third-order valence-corrected chi connectivity index (χ3v) is 4.34. The number of rotatable bonds is 1. The zero-order chi connectivity index (χ0) is 8.22. The number of hydrogen-bond donors (Lipinski definition) is 0. The van der Waals surface area contributed by atoms with Gasteiger partial charge in [0.05, 0.1) is 0 Å². The highest BCUT2D eigenvalue weighted by Gasteiger charge is 2.61. The van der Waals surface area contributed by atoms with Gasteiger partial charge in [-0.3, -0.25) is 0 Å². The summed E-state index contributed by atoms with van der Waals surface area (Å²) in [4.78, 5) is 0. The lowest BCUT2D eigenvalue weighted by Gasteiger charge is -2.19. The molecule has 0 spiro atoms. The fraction of sp³-hybridized carbons (Fsp3) is 1.00. The van der Waals surface area contributed by atoms with Gasteiger partial charge in [-0.15, -0.1) is 0 Å². The topological polar surface area (TPSA) is 0 Å². The molecule has 0 nitrogen and oxygen atoms in total. The van der Waals surface area contributed by atoms with Crippen molar-refractivity contribution in [1.29, 1.82) is 0 Å². The monoisotopic (exact) mass is 152 g/mol. The van der Waals surface area contributed by atoms with Gasteiger partial charge in [0.1, 0.15) is 0 Å². The predicted molar refractivity (Wildman–Crippen MR) is 48.3 cm³/mol. The average Bonchev–Trinajstić information content (AvgIpc) is 2.28. The minimum Gasteiger partial charge on any atom is -0.0625 e. The molecule has 0 aromatic heterocycles. The fourth-order valence-corrected chi connectivity index (χ4v) is 3.09. The summed E-state index contributed by atoms with van der Waals surface area (Å²) in [5.74, 6) is 4.17. The van der Waals surface area contributed by atoms with Crippen LogP contribution in [0.25, 0.3) is 0 Å². The lowest BCUT2D eigenvalue weighted by molar-refractivity contribution is 0.305. The first-order valence-electron chi connectivity index (χ1n) is 5.03. The Morgan fingerprint density at radius 1 is 1.09 bits per heavy atom. The van der Waals surface area contributed by atoms with Crippen molar-refractivity contribution in [3.05, 3.63) is 0 Å². The first-order valence-corrected chi connectivity index (χ1v) is 5.03. The Morgan fingerprint density at radius 3 is 1.91 bits per heavy atom. The Morgan fingerprint density at radius 2 is 1.55 bits per heavy atom. The normalized spacial score (nSPS) is 46.1. The fourth-order valence-electron chi connectivity index (χ4n) is 3.09. The molecule has 0 radical (unpaired) electrons. The molecule has 2 rings (SSSR count). The van der Waals surface area contributed by atoms with Crippen LogP contribution in [0.15, 0.2) is 0 Å². The van der Waals surface area contributed by atoms with E-state index in [1.165, 1.54) is 12.8 Å². The second kappa shape index (κ2) is 2.02. The molecule has 2 saturated carbocycles. The van der Waals surface area contributed by atoms with Crippen LogP contribution >= 0.6 is 0 Å². The molecular weight excluding hydrogens is 132 g/mol. The van der Waals surface area contributed by atoms with Crippen molar-refractivity contribution < 1.29 is 0 Å². The highest BCUT2D eigenvalue weighted by molar-refractivity contribution is 5.10. The van der Waals surface area contributed by atoms with E-state index in [0.29, 0.717) is 0 Å². The van der Waals surface area contributed by atoms with Gasteiger partial charge >= 0.3 is 0 Å². The van der Waals surface area contributed by atoms with E-state index in [0.717, 1.165) is 29.1 Å². The summed E-state index contributed by atoms with van der Waals surface area (Å²) in [6, 6.07) is 0. The summed E-state index contributed by atoms with van der Waals surface area (Å²) in [6.07, 6.45) is 3.05. The van der Waals surface area contributed by atoms with E-state index in [2.05, 4.69) is 27.7 Å². The molecule has 11 heavy (non-hydrogen) atoms. The van der Waals surface area contributed by atoms with Crippen molar-refractivity contribution in [2.45, 2.75) is 40.5 Å². The average molecular weight is 152 g/mol. The third-order valence-electron chi connectivity index (χ3n) is 4.34. The van der Waals surface area contributed by atoms with E-state index >= 15 is 0 Å². The van der Waals surface area contributed by atoms with E-state index < -0.39 is 0 Å². The van der Waals surface area contributed by atoms with Crippen molar-refractivity contribution in [2.75, 3.05) is 0 Å². The van der Waals surface area contributed by atoms with Gasteiger partial charge in [-0.2, -0.15) is 0 Å². The molecular formula is C11H20. The second-order valence-electron chi connectivity index (χ2n) is 5.51. The smallest absolute Gasteiger partial charge is 0.0292 e. The van der Waals surface area contributed by atoms with Gasteiger partial charge < -0.3 is 0 Å². The first-order chi connectivity index (χ1) is 5.03. The van der Waals surface area contributed by atoms with E-state index in [-0.39, 0.29) is 0 Å². The van der Waals surface area contributed by atoms with Crippen LogP contribution in [0.5, 0.6) is 0 Å². The highest BCUT2D eigenvalue weighted by atomic mass is 14.7.